The summed E-state index contributed by atoms with van der Waals surface area (Å²) in [5, 5.41) is 7.68. The van der Waals surface area contributed by atoms with Crippen molar-refractivity contribution in [2.24, 2.45) is 0 Å². The molecule has 0 aromatic carbocycles. The van der Waals surface area contributed by atoms with Crippen LogP contribution in [0, 0.1) is 5.82 Å². The Morgan fingerprint density at radius 3 is 2.80 bits per heavy atom. The molecule has 108 valence electrons. The Kier molecular flexibility index (Phi) is 5.24. The van der Waals surface area contributed by atoms with Crippen LogP contribution in [-0.4, -0.2) is 21.3 Å². The molecule has 0 aliphatic heterocycles. The Morgan fingerprint density at radius 2 is 2.10 bits per heavy atom. The molecule has 4 nitrogen and oxygen atoms in total. The maximum atomic E-state index is 14.0. The van der Waals surface area contributed by atoms with E-state index in [2.05, 4.69) is 29.2 Å². The molecule has 20 heavy (non-hydrogen) atoms. The smallest absolute Gasteiger partial charge is 0.146 e. The lowest BCUT2D eigenvalue weighted by atomic mass is 10.1. The zero-order valence-corrected chi connectivity index (χ0v) is 12.0. The molecule has 2 rings (SSSR count). The van der Waals surface area contributed by atoms with E-state index in [-0.39, 0.29) is 11.9 Å². The molecule has 0 amide bonds. The van der Waals surface area contributed by atoms with E-state index < -0.39 is 0 Å². The Hall–Kier alpha value is -1.75. The number of nitrogens with one attached hydrogen (secondary N) is 1. The average Bonchev–Trinajstić information content (AvgIpc) is 2.90. The number of halogens is 1. The molecule has 0 spiro atoms. The van der Waals surface area contributed by atoms with Gasteiger partial charge in [0, 0.05) is 18.9 Å². The number of hydrogen-bond donors (Lipinski definition) is 1. The fourth-order valence-electron chi connectivity index (χ4n) is 2.23. The van der Waals surface area contributed by atoms with Crippen molar-refractivity contribution < 1.29 is 4.39 Å². The molecule has 0 aliphatic carbocycles. The van der Waals surface area contributed by atoms with Gasteiger partial charge >= 0.3 is 0 Å². The number of aryl methyl sites for hydroxylation is 1. The highest BCUT2D eigenvalue weighted by atomic mass is 19.1. The van der Waals surface area contributed by atoms with Crippen molar-refractivity contribution in [3.63, 3.8) is 0 Å². The predicted octanol–water partition coefficient (Wildman–Crippen LogP) is 2.92. The van der Waals surface area contributed by atoms with Crippen molar-refractivity contribution in [3.8, 4) is 0 Å². The van der Waals surface area contributed by atoms with Gasteiger partial charge in [-0.05, 0) is 37.6 Å². The number of pyridine rings is 1. The lowest BCUT2D eigenvalue weighted by molar-refractivity contribution is 0.484. The zero-order valence-electron chi connectivity index (χ0n) is 12.0. The van der Waals surface area contributed by atoms with Crippen molar-refractivity contribution in [1.29, 1.82) is 0 Å². The van der Waals surface area contributed by atoms with Crippen molar-refractivity contribution in [1.82, 2.24) is 20.1 Å². The van der Waals surface area contributed by atoms with Crippen LogP contribution in [0.3, 0.4) is 0 Å². The van der Waals surface area contributed by atoms with Gasteiger partial charge in [-0.1, -0.05) is 13.8 Å². The van der Waals surface area contributed by atoms with Crippen LogP contribution in [0.4, 0.5) is 4.39 Å². The average molecular weight is 276 g/mol. The Bertz CT molecular complexity index is 538. The Balaban J connectivity index is 2.37. The predicted molar refractivity (Wildman–Crippen MR) is 76.8 cm³/mol. The summed E-state index contributed by atoms with van der Waals surface area (Å²) >= 11 is 0. The molecular weight excluding hydrogens is 255 g/mol. The first kappa shape index (κ1) is 14.7. The van der Waals surface area contributed by atoms with Gasteiger partial charge < -0.3 is 5.32 Å². The summed E-state index contributed by atoms with van der Waals surface area (Å²) in [4.78, 5) is 4.21. The van der Waals surface area contributed by atoms with Crippen LogP contribution in [0.1, 0.15) is 44.1 Å². The maximum absolute atomic E-state index is 14.0. The summed E-state index contributed by atoms with van der Waals surface area (Å²) in [6.07, 6.45) is 5.35. The SMILES string of the molecule is CCCNC(c1ncccc1F)c1ccnn1CCC. The molecule has 0 saturated heterocycles. The topological polar surface area (TPSA) is 42.7 Å². The molecule has 0 radical (unpaired) electrons. The van der Waals surface area contributed by atoms with E-state index >= 15 is 0 Å². The number of nitrogens with zero attached hydrogens (tertiary/aromatic N) is 3. The molecule has 5 heteroatoms. The molecule has 2 aromatic rings. The third kappa shape index (κ3) is 3.22. The fourth-order valence-corrected chi connectivity index (χ4v) is 2.23. The summed E-state index contributed by atoms with van der Waals surface area (Å²) in [5.74, 6) is -0.287. The molecule has 2 heterocycles. The highest BCUT2D eigenvalue weighted by Crippen LogP contribution is 2.22. The number of aromatic nitrogens is 3. The van der Waals surface area contributed by atoms with Gasteiger partial charge in [-0.2, -0.15) is 5.10 Å². The van der Waals surface area contributed by atoms with Crippen molar-refractivity contribution in [2.75, 3.05) is 6.54 Å². The number of rotatable bonds is 7. The molecule has 0 aliphatic rings. The van der Waals surface area contributed by atoms with Crippen LogP contribution in [0.25, 0.3) is 0 Å². The van der Waals surface area contributed by atoms with E-state index in [9.17, 15) is 4.39 Å². The van der Waals surface area contributed by atoms with E-state index in [0.29, 0.717) is 5.69 Å². The van der Waals surface area contributed by atoms with Gasteiger partial charge in [-0.3, -0.25) is 9.67 Å². The Morgan fingerprint density at radius 1 is 1.25 bits per heavy atom. The van der Waals surface area contributed by atoms with Crippen LogP contribution in [0.15, 0.2) is 30.6 Å². The lowest BCUT2D eigenvalue weighted by Gasteiger charge is -2.20. The second kappa shape index (κ2) is 7.14. The van der Waals surface area contributed by atoms with E-state index in [0.717, 1.165) is 31.6 Å². The molecular formula is C15H21FN4. The van der Waals surface area contributed by atoms with Gasteiger partial charge in [-0.15, -0.1) is 0 Å². The van der Waals surface area contributed by atoms with Gasteiger partial charge in [-0.25, -0.2) is 4.39 Å². The minimum absolute atomic E-state index is 0.259. The first-order valence-electron chi connectivity index (χ1n) is 7.13. The van der Waals surface area contributed by atoms with Crippen LogP contribution in [-0.2, 0) is 6.54 Å². The second-order valence-electron chi connectivity index (χ2n) is 4.74. The summed E-state index contributed by atoms with van der Waals surface area (Å²) in [7, 11) is 0. The van der Waals surface area contributed by atoms with Gasteiger partial charge in [0.25, 0.3) is 0 Å². The van der Waals surface area contributed by atoms with Crippen molar-refractivity contribution >= 4 is 0 Å². The zero-order chi connectivity index (χ0) is 14.4. The number of hydrogen-bond acceptors (Lipinski definition) is 3. The van der Waals surface area contributed by atoms with E-state index in [1.165, 1.54) is 6.07 Å². The van der Waals surface area contributed by atoms with Crippen LogP contribution < -0.4 is 5.32 Å². The fraction of sp³-hybridized carbons (Fsp3) is 0.467. The molecule has 0 fully saturated rings. The highest BCUT2D eigenvalue weighted by molar-refractivity contribution is 5.23. The molecule has 0 saturated carbocycles. The monoisotopic (exact) mass is 276 g/mol. The Labute approximate surface area is 119 Å². The third-order valence-corrected chi connectivity index (χ3v) is 3.14. The van der Waals surface area contributed by atoms with Crippen LogP contribution in [0.5, 0.6) is 0 Å². The van der Waals surface area contributed by atoms with Gasteiger partial charge in [0.1, 0.15) is 5.82 Å². The summed E-state index contributed by atoms with van der Waals surface area (Å²) in [6.45, 7) is 5.81. The first-order chi connectivity index (χ1) is 9.77. The standard InChI is InChI=1S/C15H21FN4/c1-3-8-17-15(14-12(16)6-5-9-18-14)13-7-10-19-20(13)11-4-2/h5-7,9-10,15,17H,3-4,8,11H2,1-2H3. The van der Waals surface area contributed by atoms with Crippen molar-refractivity contribution in [3.05, 3.63) is 47.8 Å². The minimum atomic E-state index is -0.287. The summed E-state index contributed by atoms with van der Waals surface area (Å²) < 4.78 is 16.0. The lowest BCUT2D eigenvalue weighted by Crippen LogP contribution is -2.27. The first-order valence-corrected chi connectivity index (χ1v) is 7.13. The third-order valence-electron chi connectivity index (χ3n) is 3.14. The van der Waals surface area contributed by atoms with E-state index in [1.54, 1.807) is 18.5 Å². The second-order valence-corrected chi connectivity index (χ2v) is 4.74. The molecule has 1 atom stereocenters. The summed E-state index contributed by atoms with van der Waals surface area (Å²) in [6, 6.07) is 4.73. The van der Waals surface area contributed by atoms with E-state index in [1.807, 2.05) is 10.7 Å². The van der Waals surface area contributed by atoms with Crippen molar-refractivity contribution in [2.45, 2.75) is 39.3 Å². The molecule has 1 N–H and O–H groups in total. The van der Waals surface area contributed by atoms with Gasteiger partial charge in [0.15, 0.2) is 0 Å². The van der Waals surface area contributed by atoms with Gasteiger partial charge in [0.05, 0.1) is 17.4 Å². The maximum Gasteiger partial charge on any atom is 0.146 e. The van der Waals surface area contributed by atoms with Crippen LogP contribution >= 0.6 is 0 Å². The largest absolute Gasteiger partial charge is 0.304 e. The van der Waals surface area contributed by atoms with Gasteiger partial charge in [0.2, 0.25) is 0 Å². The highest BCUT2D eigenvalue weighted by Gasteiger charge is 2.21. The molecule has 2 aromatic heterocycles. The molecule has 0 bridgehead atoms. The van der Waals surface area contributed by atoms with Crippen LogP contribution in [0.2, 0.25) is 0 Å². The van der Waals surface area contributed by atoms with E-state index in [4.69, 9.17) is 0 Å². The molecule has 1 unspecified atom stereocenters. The summed E-state index contributed by atoms with van der Waals surface area (Å²) in [5.41, 5.74) is 1.39. The normalized spacial score (nSPS) is 12.6. The minimum Gasteiger partial charge on any atom is -0.304 e. The quantitative estimate of drug-likeness (QED) is 0.845.